The zero-order valence-corrected chi connectivity index (χ0v) is 12.7. The lowest BCUT2D eigenvalue weighted by Gasteiger charge is -2.19. The first kappa shape index (κ1) is 16.9. The van der Waals surface area contributed by atoms with Crippen LogP contribution in [0.4, 0.5) is 18.3 Å². The molecule has 0 aliphatic rings. The monoisotopic (exact) mass is 348 g/mol. The van der Waals surface area contributed by atoms with Crippen molar-refractivity contribution in [1.82, 2.24) is 14.5 Å². The number of aromatic nitrogens is 3. The molecule has 2 aromatic rings. The zero-order chi connectivity index (χ0) is 17.2. The largest absolute Gasteiger partial charge is 0.440 e. The van der Waals surface area contributed by atoms with Crippen LogP contribution in [0.2, 0.25) is 0 Å². The van der Waals surface area contributed by atoms with E-state index in [0.29, 0.717) is 0 Å². The Bertz CT molecular complexity index is 725. The van der Waals surface area contributed by atoms with Gasteiger partial charge in [-0.2, -0.15) is 13.2 Å². The van der Waals surface area contributed by atoms with Gasteiger partial charge >= 0.3 is 12.1 Å². The molecule has 2 heterocycles. The number of nitrogens with one attached hydrogen (secondary N) is 1. The van der Waals surface area contributed by atoms with E-state index < -0.39 is 30.0 Å². The maximum Gasteiger partial charge on any atom is 0.432 e. The lowest BCUT2D eigenvalue weighted by atomic mass is 10.3. The van der Waals surface area contributed by atoms with Crippen LogP contribution in [0.5, 0.6) is 0 Å². The van der Waals surface area contributed by atoms with Gasteiger partial charge in [0.15, 0.2) is 16.6 Å². The van der Waals surface area contributed by atoms with Gasteiger partial charge in [0.1, 0.15) is 0 Å². The number of carbonyl (C=O) groups is 2. The molecular weight excluding hydrogens is 337 g/mol. The van der Waals surface area contributed by atoms with Crippen LogP contribution in [-0.2, 0) is 16.6 Å². The summed E-state index contributed by atoms with van der Waals surface area (Å²) in [5.41, 5.74) is -0.331. The van der Waals surface area contributed by atoms with Crippen molar-refractivity contribution in [3.63, 3.8) is 0 Å². The first-order chi connectivity index (χ1) is 10.7. The van der Waals surface area contributed by atoms with E-state index in [4.69, 9.17) is 0 Å². The van der Waals surface area contributed by atoms with Crippen molar-refractivity contribution in [2.24, 2.45) is 7.05 Å². The van der Waals surface area contributed by atoms with Crippen LogP contribution in [0.25, 0.3) is 0 Å². The molecule has 0 radical (unpaired) electrons. The van der Waals surface area contributed by atoms with Gasteiger partial charge in [-0.05, 0) is 0 Å². The minimum absolute atomic E-state index is 0.0880. The minimum atomic E-state index is -4.83. The smallest absolute Gasteiger partial charge is 0.432 e. The number of aryl methyl sites for hydroxylation is 1. The van der Waals surface area contributed by atoms with Crippen molar-refractivity contribution in [2.75, 3.05) is 5.32 Å². The summed E-state index contributed by atoms with van der Waals surface area (Å²) >= 11 is 0.895. The Balaban J connectivity index is 2.20. The van der Waals surface area contributed by atoms with Crippen molar-refractivity contribution in [3.05, 3.63) is 29.3 Å². The third-order valence-corrected chi connectivity index (χ3v) is 3.37. The molecule has 0 fully saturated rings. The van der Waals surface area contributed by atoms with Gasteiger partial charge in [-0.1, -0.05) is 0 Å². The van der Waals surface area contributed by atoms with Gasteiger partial charge in [0, 0.05) is 31.7 Å². The highest BCUT2D eigenvalue weighted by Crippen LogP contribution is 2.35. The Morgan fingerprint density at radius 3 is 2.65 bits per heavy atom. The summed E-state index contributed by atoms with van der Waals surface area (Å²) in [6, 6.07) is 0. The maximum atomic E-state index is 13.1. The fourth-order valence-corrected chi connectivity index (χ4v) is 2.36. The van der Waals surface area contributed by atoms with E-state index in [-0.39, 0.29) is 10.8 Å². The van der Waals surface area contributed by atoms with E-state index in [0.717, 1.165) is 15.9 Å². The van der Waals surface area contributed by atoms with Crippen LogP contribution >= 0.6 is 11.3 Å². The highest BCUT2D eigenvalue weighted by Gasteiger charge is 2.46. The fraction of sp³-hybridized carbons (Fsp3) is 0.333. The van der Waals surface area contributed by atoms with Gasteiger partial charge in [-0.15, -0.1) is 11.3 Å². The van der Waals surface area contributed by atoms with E-state index in [1.54, 1.807) is 0 Å². The van der Waals surface area contributed by atoms with Gasteiger partial charge in [0.2, 0.25) is 5.91 Å². The average Bonchev–Trinajstić information content (AvgIpc) is 3.03. The molecule has 0 saturated heterocycles. The molecule has 0 aliphatic carbocycles. The van der Waals surface area contributed by atoms with Crippen LogP contribution in [-0.4, -0.2) is 32.6 Å². The first-order valence-corrected chi connectivity index (χ1v) is 7.04. The van der Waals surface area contributed by atoms with Gasteiger partial charge in [0.05, 0.1) is 0 Å². The molecule has 0 bridgehead atoms. The highest BCUT2D eigenvalue weighted by atomic mass is 32.1. The summed E-state index contributed by atoms with van der Waals surface area (Å²) < 4.78 is 45.0. The van der Waals surface area contributed by atoms with Gasteiger partial charge in [-0.25, -0.2) is 14.8 Å². The number of carbonyl (C=O) groups excluding carboxylic acids is 2. The molecule has 1 atom stereocenters. The molecule has 7 nitrogen and oxygen atoms in total. The molecule has 1 amide bonds. The normalized spacial score (nSPS) is 12.7. The Hall–Kier alpha value is -2.43. The highest BCUT2D eigenvalue weighted by molar-refractivity contribution is 7.14. The predicted octanol–water partition coefficient (Wildman–Crippen LogP) is 2.30. The Kier molecular flexibility index (Phi) is 4.68. The number of thiazole rings is 1. The van der Waals surface area contributed by atoms with Crippen molar-refractivity contribution < 1.29 is 27.5 Å². The molecule has 0 saturated carbocycles. The summed E-state index contributed by atoms with van der Waals surface area (Å²) in [5, 5.41) is 3.60. The second-order valence-corrected chi connectivity index (χ2v) is 5.30. The van der Waals surface area contributed by atoms with Crippen LogP contribution in [0.3, 0.4) is 0 Å². The predicted molar refractivity (Wildman–Crippen MR) is 73.8 cm³/mol. The number of alkyl halides is 3. The molecule has 1 N–H and O–H groups in total. The number of imidazole rings is 1. The van der Waals surface area contributed by atoms with Crippen LogP contribution in [0.15, 0.2) is 17.8 Å². The van der Waals surface area contributed by atoms with Crippen LogP contribution < -0.4 is 5.32 Å². The standard InChI is InChI=1S/C12H11F3N4O3S/c1-6(20)17-11-18-7(5-23-11)10(21)22-8(12(13,14)15)9-16-3-4-19(9)2/h3-5,8H,1-2H3,(H,17,18,20)/t8-/m0/s1. The second kappa shape index (κ2) is 6.36. The summed E-state index contributed by atoms with van der Waals surface area (Å²) in [7, 11) is 1.35. The molecule has 0 unspecified atom stereocenters. The number of hydrogen-bond acceptors (Lipinski definition) is 6. The summed E-state index contributed by atoms with van der Waals surface area (Å²) in [6.07, 6.45) is -4.87. The van der Waals surface area contributed by atoms with E-state index in [9.17, 15) is 22.8 Å². The van der Waals surface area contributed by atoms with Crippen molar-refractivity contribution in [1.29, 1.82) is 0 Å². The van der Waals surface area contributed by atoms with Gasteiger partial charge < -0.3 is 14.6 Å². The third kappa shape index (κ3) is 4.06. The lowest BCUT2D eigenvalue weighted by Crippen LogP contribution is -2.28. The number of anilines is 1. The van der Waals surface area contributed by atoms with Crippen molar-refractivity contribution >= 4 is 28.3 Å². The Labute approximate surface area is 132 Å². The molecule has 2 rings (SSSR count). The molecule has 124 valence electrons. The molecule has 11 heteroatoms. The zero-order valence-electron chi connectivity index (χ0n) is 11.9. The topological polar surface area (TPSA) is 86.1 Å². The second-order valence-electron chi connectivity index (χ2n) is 4.44. The SMILES string of the molecule is CC(=O)Nc1nc(C(=O)O[C@@H](c2nccn2C)C(F)(F)F)cs1. The van der Waals surface area contributed by atoms with Gasteiger partial charge in [-0.3, -0.25) is 4.79 Å². The van der Waals surface area contributed by atoms with E-state index in [1.807, 2.05) is 0 Å². The summed E-state index contributed by atoms with van der Waals surface area (Å²) in [4.78, 5) is 30.0. The van der Waals surface area contributed by atoms with Crippen molar-refractivity contribution in [2.45, 2.75) is 19.2 Å². The number of halogens is 3. The number of amides is 1. The quantitative estimate of drug-likeness (QED) is 0.857. The minimum Gasteiger partial charge on any atom is -0.440 e. The molecular formula is C12H11F3N4O3S. The molecule has 23 heavy (non-hydrogen) atoms. The lowest BCUT2D eigenvalue weighted by molar-refractivity contribution is -0.210. The maximum absolute atomic E-state index is 13.1. The summed E-state index contributed by atoms with van der Waals surface area (Å²) in [6.45, 7) is 1.24. The van der Waals surface area contributed by atoms with E-state index in [1.165, 1.54) is 31.7 Å². The molecule has 0 aliphatic heterocycles. The van der Waals surface area contributed by atoms with Crippen molar-refractivity contribution in [3.8, 4) is 0 Å². The van der Waals surface area contributed by atoms with Crippen LogP contribution in [0.1, 0.15) is 29.3 Å². The molecule has 0 aromatic carbocycles. The third-order valence-electron chi connectivity index (χ3n) is 2.61. The Morgan fingerprint density at radius 1 is 1.43 bits per heavy atom. The van der Waals surface area contributed by atoms with E-state index >= 15 is 0 Å². The Morgan fingerprint density at radius 2 is 2.13 bits per heavy atom. The average molecular weight is 348 g/mol. The number of ether oxygens (including phenoxy) is 1. The van der Waals surface area contributed by atoms with Crippen LogP contribution in [0, 0.1) is 0 Å². The fourth-order valence-electron chi connectivity index (χ4n) is 1.64. The molecule has 2 aromatic heterocycles. The number of nitrogens with zero attached hydrogens (tertiary/aromatic N) is 3. The number of hydrogen-bond donors (Lipinski definition) is 1. The van der Waals surface area contributed by atoms with Gasteiger partial charge in [0.25, 0.3) is 6.10 Å². The summed E-state index contributed by atoms with van der Waals surface area (Å²) in [5.74, 6) is -2.13. The molecule has 0 spiro atoms. The first-order valence-electron chi connectivity index (χ1n) is 6.16. The number of rotatable bonds is 4. The number of esters is 1. The van der Waals surface area contributed by atoms with E-state index in [2.05, 4.69) is 20.0 Å².